The number of furan rings is 1. The zero-order valence-corrected chi connectivity index (χ0v) is 14.6. The summed E-state index contributed by atoms with van der Waals surface area (Å²) in [7, 11) is 0. The number of quaternary nitrogens is 1. The molecule has 136 valence electrons. The van der Waals surface area contributed by atoms with Gasteiger partial charge in [-0.3, -0.25) is 4.79 Å². The van der Waals surface area contributed by atoms with Crippen molar-refractivity contribution >= 4 is 16.9 Å². The Morgan fingerprint density at radius 1 is 1.15 bits per heavy atom. The molecule has 3 aromatic rings. The lowest BCUT2D eigenvalue weighted by molar-refractivity contribution is -0.682. The molecule has 4 nitrogen and oxygen atoms in total. The van der Waals surface area contributed by atoms with Crippen LogP contribution < -0.4 is 10.6 Å². The summed E-state index contributed by atoms with van der Waals surface area (Å²) in [5.74, 6) is -0.731. The standard InChI is InChI=1S/C20H20F2N2O2/c1-12(16-8-7-15(21)10-17(16)22)23-11-20(25)24-13(2)19-9-14-5-3-4-6-18(14)26-19/h3-10,12-13,23H,11H2,1-2H3,(H,24,25)/p+1/t12-,13+/m0/s1. The molecule has 3 N–H and O–H groups in total. The van der Waals surface area contributed by atoms with Gasteiger partial charge in [0, 0.05) is 17.0 Å². The molecule has 2 aromatic carbocycles. The second-order valence-corrected chi connectivity index (χ2v) is 6.37. The molecule has 1 heterocycles. The minimum Gasteiger partial charge on any atom is -0.459 e. The van der Waals surface area contributed by atoms with Gasteiger partial charge >= 0.3 is 0 Å². The Morgan fingerprint density at radius 2 is 1.92 bits per heavy atom. The summed E-state index contributed by atoms with van der Waals surface area (Å²) < 4.78 is 32.5. The van der Waals surface area contributed by atoms with Gasteiger partial charge in [-0.1, -0.05) is 18.2 Å². The molecule has 0 radical (unpaired) electrons. The molecule has 0 saturated heterocycles. The van der Waals surface area contributed by atoms with Gasteiger partial charge in [0.15, 0.2) is 6.54 Å². The van der Waals surface area contributed by atoms with Crippen LogP contribution in [0.15, 0.2) is 52.9 Å². The molecular weight excluding hydrogens is 338 g/mol. The Morgan fingerprint density at radius 3 is 2.65 bits per heavy atom. The first kappa shape index (κ1) is 18.1. The van der Waals surface area contributed by atoms with Crippen LogP contribution in [0.25, 0.3) is 11.0 Å². The first-order valence-electron chi connectivity index (χ1n) is 8.50. The second kappa shape index (κ2) is 7.66. The van der Waals surface area contributed by atoms with Crippen LogP contribution in [0.2, 0.25) is 0 Å². The first-order chi connectivity index (χ1) is 12.4. The molecule has 26 heavy (non-hydrogen) atoms. The highest BCUT2D eigenvalue weighted by Gasteiger charge is 2.18. The van der Waals surface area contributed by atoms with Crippen molar-refractivity contribution in [3.63, 3.8) is 0 Å². The van der Waals surface area contributed by atoms with Gasteiger partial charge in [-0.05, 0) is 38.1 Å². The third-order valence-electron chi connectivity index (χ3n) is 4.36. The molecule has 6 heteroatoms. The van der Waals surface area contributed by atoms with Gasteiger partial charge in [0.05, 0.1) is 6.04 Å². The molecule has 0 bridgehead atoms. The number of halogens is 2. The summed E-state index contributed by atoms with van der Waals surface area (Å²) in [6, 6.07) is 12.4. The summed E-state index contributed by atoms with van der Waals surface area (Å²) in [6.07, 6.45) is 0. The van der Waals surface area contributed by atoms with Crippen molar-refractivity contribution in [3.8, 4) is 0 Å². The molecule has 3 rings (SSSR count). The van der Waals surface area contributed by atoms with Gasteiger partial charge in [-0.15, -0.1) is 0 Å². The fourth-order valence-electron chi connectivity index (χ4n) is 2.87. The molecule has 0 unspecified atom stereocenters. The number of carbonyl (C=O) groups excluding carboxylic acids is 1. The lowest BCUT2D eigenvalue weighted by atomic mass is 10.1. The number of benzene rings is 2. The van der Waals surface area contributed by atoms with Crippen LogP contribution >= 0.6 is 0 Å². The van der Waals surface area contributed by atoms with Crippen LogP contribution in [-0.4, -0.2) is 12.5 Å². The smallest absolute Gasteiger partial charge is 0.275 e. The van der Waals surface area contributed by atoms with Crippen molar-refractivity contribution in [2.24, 2.45) is 0 Å². The number of hydrogen-bond donors (Lipinski definition) is 2. The maximum atomic E-state index is 13.8. The Hall–Kier alpha value is -2.73. The van der Waals surface area contributed by atoms with E-state index in [0.717, 1.165) is 17.0 Å². The third-order valence-corrected chi connectivity index (χ3v) is 4.36. The minimum absolute atomic E-state index is 0.128. The number of rotatable bonds is 6. The fourth-order valence-corrected chi connectivity index (χ4v) is 2.87. The van der Waals surface area contributed by atoms with E-state index in [-0.39, 0.29) is 24.5 Å². The molecule has 1 amide bonds. The van der Waals surface area contributed by atoms with Crippen LogP contribution in [0.3, 0.4) is 0 Å². The third kappa shape index (κ3) is 4.08. The van der Waals surface area contributed by atoms with Gasteiger partial charge in [-0.25, -0.2) is 8.78 Å². The molecular formula is C20H21F2N2O2+. The summed E-state index contributed by atoms with van der Waals surface area (Å²) in [4.78, 5) is 12.2. The van der Waals surface area contributed by atoms with E-state index in [1.807, 2.05) is 37.3 Å². The Kier molecular flexibility index (Phi) is 5.32. The average molecular weight is 359 g/mol. The SMILES string of the molecule is C[C@H]([NH2+]CC(=O)N[C@H](C)c1cc2ccccc2o1)c1ccc(F)cc1F. The highest BCUT2D eigenvalue weighted by atomic mass is 19.1. The lowest BCUT2D eigenvalue weighted by Gasteiger charge is -2.14. The Balaban J connectivity index is 1.56. The van der Waals surface area contributed by atoms with E-state index in [0.29, 0.717) is 11.3 Å². The average Bonchev–Trinajstić information content (AvgIpc) is 3.04. The topological polar surface area (TPSA) is 58.9 Å². The first-order valence-corrected chi connectivity index (χ1v) is 8.50. The van der Waals surface area contributed by atoms with E-state index < -0.39 is 11.6 Å². The van der Waals surface area contributed by atoms with Gasteiger partial charge in [0.2, 0.25) is 0 Å². The van der Waals surface area contributed by atoms with Crippen LogP contribution in [-0.2, 0) is 4.79 Å². The van der Waals surface area contributed by atoms with E-state index in [1.165, 1.54) is 12.1 Å². The van der Waals surface area contributed by atoms with E-state index >= 15 is 0 Å². The monoisotopic (exact) mass is 359 g/mol. The number of carbonyl (C=O) groups is 1. The van der Waals surface area contributed by atoms with Crippen molar-refractivity contribution in [2.45, 2.75) is 25.9 Å². The predicted octanol–water partition coefficient (Wildman–Crippen LogP) is 3.21. The van der Waals surface area contributed by atoms with Crippen molar-refractivity contribution in [1.29, 1.82) is 0 Å². The number of amides is 1. The van der Waals surface area contributed by atoms with Crippen molar-refractivity contribution < 1.29 is 23.3 Å². The maximum Gasteiger partial charge on any atom is 0.275 e. The quantitative estimate of drug-likeness (QED) is 0.710. The largest absolute Gasteiger partial charge is 0.459 e. The van der Waals surface area contributed by atoms with Crippen LogP contribution in [0.4, 0.5) is 8.78 Å². The van der Waals surface area contributed by atoms with Crippen molar-refractivity contribution in [1.82, 2.24) is 5.32 Å². The second-order valence-electron chi connectivity index (χ2n) is 6.37. The molecule has 1 aromatic heterocycles. The van der Waals surface area contributed by atoms with Crippen LogP contribution in [0.5, 0.6) is 0 Å². The maximum absolute atomic E-state index is 13.8. The molecule has 0 aliphatic carbocycles. The molecule has 2 atom stereocenters. The highest BCUT2D eigenvalue weighted by molar-refractivity contribution is 5.79. The fraction of sp³-hybridized carbons (Fsp3) is 0.250. The minimum atomic E-state index is -0.615. The number of nitrogens with two attached hydrogens (primary N) is 1. The molecule has 0 fully saturated rings. The number of fused-ring (bicyclic) bond motifs is 1. The molecule has 0 spiro atoms. The van der Waals surface area contributed by atoms with Crippen molar-refractivity contribution in [3.05, 3.63) is 71.5 Å². The van der Waals surface area contributed by atoms with Gasteiger partial charge in [0.1, 0.15) is 29.0 Å². The van der Waals surface area contributed by atoms with Crippen LogP contribution in [0, 0.1) is 11.6 Å². The van der Waals surface area contributed by atoms with Crippen molar-refractivity contribution in [2.75, 3.05) is 6.54 Å². The molecule has 0 aliphatic rings. The summed E-state index contributed by atoms with van der Waals surface area (Å²) in [5.41, 5.74) is 1.14. The van der Waals surface area contributed by atoms with Gasteiger partial charge in [-0.2, -0.15) is 0 Å². The zero-order valence-electron chi connectivity index (χ0n) is 14.6. The predicted molar refractivity (Wildman–Crippen MR) is 94.3 cm³/mol. The lowest BCUT2D eigenvalue weighted by Crippen LogP contribution is -2.87. The van der Waals surface area contributed by atoms with E-state index in [2.05, 4.69) is 5.32 Å². The van der Waals surface area contributed by atoms with E-state index in [1.54, 1.807) is 12.2 Å². The summed E-state index contributed by atoms with van der Waals surface area (Å²) in [6.45, 7) is 3.74. The number of hydrogen-bond acceptors (Lipinski definition) is 2. The van der Waals surface area contributed by atoms with Gasteiger partial charge in [0.25, 0.3) is 5.91 Å². The normalized spacial score (nSPS) is 13.5. The van der Waals surface area contributed by atoms with Gasteiger partial charge < -0.3 is 15.1 Å². The molecule has 0 saturated carbocycles. The summed E-state index contributed by atoms with van der Waals surface area (Å²) >= 11 is 0. The number of nitrogens with one attached hydrogen (secondary N) is 1. The van der Waals surface area contributed by atoms with E-state index in [4.69, 9.17) is 4.42 Å². The zero-order chi connectivity index (χ0) is 18.7. The Bertz CT molecular complexity index is 890. The van der Waals surface area contributed by atoms with Crippen LogP contribution in [0.1, 0.15) is 37.3 Å². The summed E-state index contributed by atoms with van der Waals surface area (Å²) in [5, 5.41) is 5.56. The number of para-hydroxylation sites is 1. The van der Waals surface area contributed by atoms with E-state index in [9.17, 15) is 13.6 Å². The molecule has 0 aliphatic heterocycles. The Labute approximate surface area is 150 Å². The highest BCUT2D eigenvalue weighted by Crippen LogP contribution is 2.23.